The number of amides is 7. The fourth-order valence-corrected chi connectivity index (χ4v) is 10.3. The molecule has 7 aromatic rings. The molecule has 0 radical (unpaired) electrons. The Morgan fingerprint density at radius 1 is 0.350 bits per heavy atom. The lowest BCUT2D eigenvalue weighted by molar-refractivity contribution is 0.0568. The van der Waals surface area contributed by atoms with Crippen molar-refractivity contribution in [1.29, 1.82) is 0 Å². The molecule has 11 nitrogen and oxygen atoms in total. The van der Waals surface area contributed by atoms with E-state index in [0.29, 0.717) is 80.1 Å². The molecule has 11 rings (SSSR count). The van der Waals surface area contributed by atoms with Gasteiger partial charge in [-0.3, -0.25) is 48.3 Å². The summed E-state index contributed by atoms with van der Waals surface area (Å²) < 4.78 is 0. The number of imide groups is 3. The first-order valence-corrected chi connectivity index (χ1v) is 20.8. The van der Waals surface area contributed by atoms with Crippen molar-refractivity contribution in [3.63, 3.8) is 0 Å². The molecule has 0 aromatic heterocycles. The van der Waals surface area contributed by atoms with Crippen molar-refractivity contribution < 1.29 is 33.6 Å². The van der Waals surface area contributed by atoms with Gasteiger partial charge in [0.2, 0.25) is 0 Å². The first-order chi connectivity index (χ1) is 29.1. The second kappa shape index (κ2) is 13.0. The van der Waals surface area contributed by atoms with Crippen LogP contribution in [0.4, 0.5) is 0 Å². The molecule has 60 heavy (non-hydrogen) atoms. The van der Waals surface area contributed by atoms with E-state index in [1.807, 2.05) is 42.2 Å². The Labute approximate surface area is 343 Å². The number of nitrogens with zero attached hydrogens (tertiary/aromatic N) is 4. The van der Waals surface area contributed by atoms with Crippen molar-refractivity contribution in [1.82, 2.24) is 19.6 Å². The molecule has 11 heteroatoms. The third kappa shape index (κ3) is 4.68. The van der Waals surface area contributed by atoms with Crippen LogP contribution >= 0.6 is 0 Å². The molecule has 4 aliphatic rings. The van der Waals surface area contributed by atoms with Crippen molar-refractivity contribution in [2.75, 3.05) is 26.2 Å². The van der Waals surface area contributed by atoms with E-state index < -0.39 is 23.6 Å². The molecule has 4 aliphatic heterocycles. The Morgan fingerprint density at radius 3 is 1.07 bits per heavy atom. The molecule has 0 bridgehead atoms. The summed E-state index contributed by atoms with van der Waals surface area (Å²) in [6, 6.07) is 21.5. The van der Waals surface area contributed by atoms with Gasteiger partial charge in [0, 0.05) is 93.2 Å². The average Bonchev–Trinajstić information content (AvgIpc) is 3.26. The predicted octanol–water partition coefficient (Wildman–Crippen LogP) is 8.32. The number of fused-ring (bicyclic) bond motifs is 2. The highest BCUT2D eigenvalue weighted by Crippen LogP contribution is 2.46. The molecule has 4 heterocycles. The van der Waals surface area contributed by atoms with Gasteiger partial charge in [0.05, 0.1) is 0 Å². The van der Waals surface area contributed by atoms with Crippen LogP contribution in [0.2, 0.25) is 0 Å². The van der Waals surface area contributed by atoms with Gasteiger partial charge in [-0.1, -0.05) is 57.0 Å². The van der Waals surface area contributed by atoms with Crippen LogP contribution in [0.5, 0.6) is 0 Å². The van der Waals surface area contributed by atoms with Crippen molar-refractivity contribution in [3.05, 3.63) is 117 Å². The van der Waals surface area contributed by atoms with E-state index in [1.165, 1.54) is 14.7 Å². The minimum atomic E-state index is -0.471. The van der Waals surface area contributed by atoms with Gasteiger partial charge >= 0.3 is 0 Å². The molecule has 7 aromatic carbocycles. The van der Waals surface area contributed by atoms with Crippen molar-refractivity contribution >= 4 is 95.2 Å². The van der Waals surface area contributed by atoms with Gasteiger partial charge in [0.15, 0.2) is 0 Å². The zero-order chi connectivity index (χ0) is 41.3. The zero-order valence-corrected chi connectivity index (χ0v) is 33.1. The van der Waals surface area contributed by atoms with Crippen LogP contribution in [0.1, 0.15) is 124 Å². The fourth-order valence-electron chi connectivity index (χ4n) is 10.3. The summed E-state index contributed by atoms with van der Waals surface area (Å²) in [6.45, 7) is 5.46. The highest BCUT2D eigenvalue weighted by Gasteiger charge is 2.39. The summed E-state index contributed by atoms with van der Waals surface area (Å²) in [6.07, 6.45) is 3.57. The van der Waals surface area contributed by atoms with E-state index in [0.717, 1.165) is 63.6 Å². The molecular formula is C49H38N4O7. The van der Waals surface area contributed by atoms with Crippen LogP contribution < -0.4 is 0 Å². The molecule has 0 unspecified atom stereocenters. The summed E-state index contributed by atoms with van der Waals surface area (Å²) in [5.74, 6) is -2.58. The fraction of sp³-hybridized carbons (Fsp3) is 0.245. The van der Waals surface area contributed by atoms with Crippen molar-refractivity contribution in [2.45, 2.75) is 52.5 Å². The Balaban J connectivity index is 0.897. The Morgan fingerprint density at radius 2 is 0.667 bits per heavy atom. The van der Waals surface area contributed by atoms with Crippen LogP contribution in [-0.4, -0.2) is 87.1 Å². The minimum absolute atomic E-state index is 0.0187. The maximum Gasteiger partial charge on any atom is 0.261 e. The maximum atomic E-state index is 14.2. The largest absolute Gasteiger partial charge is 0.334 e. The van der Waals surface area contributed by atoms with Crippen molar-refractivity contribution in [3.8, 4) is 0 Å². The highest BCUT2D eigenvalue weighted by atomic mass is 16.2. The number of benzene rings is 7. The van der Waals surface area contributed by atoms with Crippen LogP contribution in [0.25, 0.3) is 53.9 Å². The van der Waals surface area contributed by atoms with Crippen LogP contribution in [-0.2, 0) is 6.54 Å². The lowest BCUT2D eigenvalue weighted by Crippen LogP contribution is -2.44. The monoisotopic (exact) mass is 794 g/mol. The van der Waals surface area contributed by atoms with E-state index >= 15 is 0 Å². The summed E-state index contributed by atoms with van der Waals surface area (Å²) in [4.78, 5) is 103. The van der Waals surface area contributed by atoms with Crippen molar-refractivity contribution in [2.24, 2.45) is 0 Å². The number of rotatable bonds is 10. The average molecular weight is 795 g/mol. The first-order valence-electron chi connectivity index (χ1n) is 20.8. The summed E-state index contributed by atoms with van der Waals surface area (Å²) in [5.41, 5.74) is 3.83. The molecule has 0 fully saturated rings. The summed E-state index contributed by atoms with van der Waals surface area (Å²) in [5, 5.41) is 7.19. The smallest absolute Gasteiger partial charge is 0.261 e. The maximum absolute atomic E-state index is 14.2. The van der Waals surface area contributed by atoms with Gasteiger partial charge in [0.25, 0.3) is 41.4 Å². The van der Waals surface area contributed by atoms with E-state index in [2.05, 4.69) is 6.92 Å². The molecule has 296 valence electrons. The van der Waals surface area contributed by atoms with Crippen LogP contribution in [0, 0.1) is 0 Å². The molecule has 0 aliphatic carbocycles. The lowest BCUT2D eigenvalue weighted by atomic mass is 9.82. The Kier molecular flexibility index (Phi) is 7.82. The van der Waals surface area contributed by atoms with Gasteiger partial charge in [-0.2, -0.15) is 0 Å². The molecule has 7 amide bonds. The molecule has 0 atom stereocenters. The molecule has 0 spiro atoms. The standard InChI is InChI=1S/C49H38N4O7/c1-3-5-20-50-24-25-8-9-31-40-32(19-18-30(37(25)40)43(50)54)45(56)52(44(31)55)22-7-23-53-48(59)35-16-12-28-26-10-14-33-41-34(47(58)51(46(33)57)21-6-4-2)15-11-27(38(26)41)29-13-17-36(49(53)60)42(35)39(28)29/h8-19H,3-7,20-24H2,1-2H3. The van der Waals surface area contributed by atoms with Crippen LogP contribution in [0.15, 0.2) is 72.8 Å². The number of hydrogen-bond acceptors (Lipinski definition) is 7. The second-order valence-corrected chi connectivity index (χ2v) is 16.4. The minimum Gasteiger partial charge on any atom is -0.334 e. The number of unbranched alkanes of at least 4 members (excludes halogenated alkanes) is 2. The van der Waals surface area contributed by atoms with Gasteiger partial charge in [-0.05, 0) is 99.6 Å². The third-order valence-electron chi connectivity index (χ3n) is 13.2. The third-order valence-corrected chi connectivity index (χ3v) is 13.2. The number of hydrogen-bond donors (Lipinski definition) is 0. The normalized spacial score (nSPS) is 16.1. The van der Waals surface area contributed by atoms with Gasteiger partial charge in [0.1, 0.15) is 0 Å². The Hall–Kier alpha value is -7.01. The molecule has 0 saturated heterocycles. The molecular weight excluding hydrogens is 757 g/mol. The number of carbonyl (C=O) groups is 7. The predicted molar refractivity (Wildman–Crippen MR) is 227 cm³/mol. The van der Waals surface area contributed by atoms with Gasteiger partial charge in [-0.25, -0.2) is 0 Å². The summed E-state index contributed by atoms with van der Waals surface area (Å²) >= 11 is 0. The molecule has 0 saturated carbocycles. The number of carbonyl (C=O) groups excluding carboxylic acids is 7. The van der Waals surface area contributed by atoms with E-state index in [1.54, 1.807) is 42.5 Å². The second-order valence-electron chi connectivity index (χ2n) is 16.4. The van der Waals surface area contributed by atoms with Crippen LogP contribution in [0.3, 0.4) is 0 Å². The van der Waals surface area contributed by atoms with E-state index in [4.69, 9.17) is 0 Å². The Bertz CT molecular complexity index is 3060. The van der Waals surface area contributed by atoms with E-state index in [-0.39, 0.29) is 37.2 Å². The SMILES string of the molecule is CCCCN1Cc2ccc3c4c(ccc(c24)C1=O)C(=O)N(CCCN1C(=O)c2ccc4c5ccc6c7c(ccc(c8ccc(c2c48)C1=O)c75)C(=O)N(CCCC)C6=O)C3=O. The topological polar surface area (TPSA) is 132 Å². The first kappa shape index (κ1) is 36.1. The lowest BCUT2D eigenvalue weighted by Gasteiger charge is -2.33. The summed E-state index contributed by atoms with van der Waals surface area (Å²) in [7, 11) is 0. The molecule has 0 N–H and O–H groups in total. The zero-order valence-electron chi connectivity index (χ0n) is 33.1. The highest BCUT2D eigenvalue weighted by molar-refractivity contribution is 6.41. The van der Waals surface area contributed by atoms with Gasteiger partial charge in [-0.15, -0.1) is 0 Å². The van der Waals surface area contributed by atoms with E-state index in [9.17, 15) is 33.6 Å². The quantitative estimate of drug-likeness (QED) is 0.0773. The van der Waals surface area contributed by atoms with Gasteiger partial charge < -0.3 is 4.90 Å².